The summed E-state index contributed by atoms with van der Waals surface area (Å²) in [5.74, 6) is -0.0466. The van der Waals surface area contributed by atoms with Gasteiger partial charge in [0, 0.05) is 18.1 Å². The van der Waals surface area contributed by atoms with Crippen LogP contribution in [0.15, 0.2) is 54.6 Å². The Balaban J connectivity index is 1.74. The Hall–Kier alpha value is -1.40. The number of halogens is 1. The van der Waals surface area contributed by atoms with Crippen molar-refractivity contribution in [2.45, 2.75) is 11.9 Å². The van der Waals surface area contributed by atoms with E-state index >= 15 is 0 Å². The summed E-state index contributed by atoms with van der Waals surface area (Å²) in [6.45, 7) is 1.12. The molecule has 2 aromatic carbocycles. The summed E-state index contributed by atoms with van der Waals surface area (Å²) in [5.41, 5.74) is 1.69. The summed E-state index contributed by atoms with van der Waals surface area (Å²) in [4.78, 5) is 0. The lowest BCUT2D eigenvalue weighted by atomic mass is 10.1. The first-order chi connectivity index (χ1) is 11.0. The Labute approximate surface area is 141 Å². The van der Waals surface area contributed by atoms with Crippen LogP contribution in [0.25, 0.3) is 0 Å². The molecule has 0 saturated carbocycles. The molecule has 1 atom stereocenters. The second kappa shape index (κ2) is 7.01. The molecule has 23 heavy (non-hydrogen) atoms. The van der Waals surface area contributed by atoms with Crippen LogP contribution in [0.4, 0.5) is 0 Å². The van der Waals surface area contributed by atoms with Crippen molar-refractivity contribution in [1.82, 2.24) is 4.31 Å². The molecule has 0 amide bonds. The van der Waals surface area contributed by atoms with Crippen molar-refractivity contribution in [3.63, 3.8) is 0 Å². The summed E-state index contributed by atoms with van der Waals surface area (Å²) >= 11 is 5.93. The van der Waals surface area contributed by atoms with E-state index in [2.05, 4.69) is 0 Å². The minimum atomic E-state index is -3.40. The lowest BCUT2D eigenvalue weighted by Gasteiger charge is -2.32. The standard InChI is InChI=1S/C17H18ClNO3S/c18-16-8-4-5-14(11-16)13-23(20,21)19-9-10-22-17(12-19)15-6-2-1-3-7-15/h1-8,11,17H,9-10,12-13H2/t17-/m1/s1. The first kappa shape index (κ1) is 16.5. The van der Waals surface area contributed by atoms with Crippen LogP contribution >= 0.6 is 11.6 Å². The van der Waals surface area contributed by atoms with Gasteiger partial charge in [0.05, 0.1) is 18.5 Å². The predicted octanol–water partition coefficient (Wildman–Crippen LogP) is 3.24. The first-order valence-electron chi connectivity index (χ1n) is 7.43. The smallest absolute Gasteiger partial charge is 0.218 e. The van der Waals surface area contributed by atoms with Gasteiger partial charge in [0.25, 0.3) is 0 Å². The highest BCUT2D eigenvalue weighted by Gasteiger charge is 2.30. The van der Waals surface area contributed by atoms with Gasteiger partial charge in [-0.3, -0.25) is 0 Å². The lowest BCUT2D eigenvalue weighted by Crippen LogP contribution is -2.42. The second-order valence-corrected chi connectivity index (χ2v) is 7.92. The molecular formula is C17H18ClNO3S. The van der Waals surface area contributed by atoms with Gasteiger partial charge in [-0.05, 0) is 23.3 Å². The number of hydrogen-bond acceptors (Lipinski definition) is 3. The summed E-state index contributed by atoms with van der Waals surface area (Å²) in [6.07, 6.45) is -0.223. The van der Waals surface area contributed by atoms with Gasteiger partial charge >= 0.3 is 0 Å². The Kier molecular flexibility index (Phi) is 5.02. The van der Waals surface area contributed by atoms with E-state index in [1.165, 1.54) is 4.31 Å². The molecule has 0 spiro atoms. The van der Waals surface area contributed by atoms with E-state index < -0.39 is 10.0 Å². The third-order valence-electron chi connectivity index (χ3n) is 3.83. The zero-order valence-corrected chi connectivity index (χ0v) is 14.1. The van der Waals surface area contributed by atoms with Crippen molar-refractivity contribution < 1.29 is 13.2 Å². The van der Waals surface area contributed by atoms with E-state index in [-0.39, 0.29) is 11.9 Å². The van der Waals surface area contributed by atoms with Crippen LogP contribution in [0.5, 0.6) is 0 Å². The van der Waals surface area contributed by atoms with Crippen molar-refractivity contribution in [3.8, 4) is 0 Å². The molecule has 3 rings (SSSR count). The maximum absolute atomic E-state index is 12.7. The van der Waals surface area contributed by atoms with E-state index in [1.54, 1.807) is 24.3 Å². The van der Waals surface area contributed by atoms with Gasteiger partial charge in [-0.25, -0.2) is 8.42 Å². The third-order valence-corrected chi connectivity index (χ3v) is 5.88. The number of ether oxygens (including phenoxy) is 1. The molecule has 1 fully saturated rings. The molecule has 1 heterocycles. The Morgan fingerprint density at radius 1 is 1.13 bits per heavy atom. The van der Waals surface area contributed by atoms with Gasteiger partial charge in [-0.15, -0.1) is 0 Å². The third kappa shape index (κ3) is 4.12. The Morgan fingerprint density at radius 2 is 1.91 bits per heavy atom. The number of hydrogen-bond donors (Lipinski definition) is 0. The SMILES string of the molecule is O=S(=O)(Cc1cccc(Cl)c1)N1CCO[C@@H](c2ccccc2)C1. The molecule has 122 valence electrons. The monoisotopic (exact) mass is 351 g/mol. The van der Waals surface area contributed by atoms with Crippen LogP contribution in [0, 0.1) is 0 Å². The molecule has 1 saturated heterocycles. The number of rotatable bonds is 4. The van der Waals surface area contributed by atoms with E-state index in [9.17, 15) is 8.42 Å². The fourth-order valence-corrected chi connectivity index (χ4v) is 4.39. The molecule has 0 bridgehead atoms. The molecular weight excluding hydrogens is 334 g/mol. The van der Waals surface area contributed by atoms with Crippen LogP contribution in [0.3, 0.4) is 0 Å². The lowest BCUT2D eigenvalue weighted by molar-refractivity contribution is -0.00260. The minimum absolute atomic E-state index is 0.0466. The number of sulfonamides is 1. The van der Waals surface area contributed by atoms with Gasteiger partial charge in [0.2, 0.25) is 10.0 Å². The predicted molar refractivity (Wildman–Crippen MR) is 90.8 cm³/mol. The highest BCUT2D eigenvalue weighted by atomic mass is 35.5. The van der Waals surface area contributed by atoms with Gasteiger partial charge in [0.15, 0.2) is 0 Å². The average Bonchev–Trinajstić information content (AvgIpc) is 2.55. The maximum Gasteiger partial charge on any atom is 0.218 e. The molecule has 4 nitrogen and oxygen atoms in total. The molecule has 0 unspecified atom stereocenters. The van der Waals surface area contributed by atoms with Gasteiger partial charge in [0.1, 0.15) is 0 Å². The largest absolute Gasteiger partial charge is 0.371 e. The van der Waals surface area contributed by atoms with E-state index in [0.717, 1.165) is 5.56 Å². The molecule has 0 N–H and O–H groups in total. The molecule has 1 aliphatic heterocycles. The van der Waals surface area contributed by atoms with E-state index in [4.69, 9.17) is 16.3 Å². The quantitative estimate of drug-likeness (QED) is 0.849. The molecule has 1 aliphatic rings. The van der Waals surface area contributed by atoms with Crippen molar-refractivity contribution >= 4 is 21.6 Å². The molecule has 2 aromatic rings. The van der Waals surface area contributed by atoms with Crippen LogP contribution in [-0.4, -0.2) is 32.4 Å². The zero-order chi connectivity index (χ0) is 16.3. The molecule has 0 aromatic heterocycles. The number of nitrogens with zero attached hydrogens (tertiary/aromatic N) is 1. The summed E-state index contributed by atoms with van der Waals surface area (Å²) < 4.78 is 32.6. The van der Waals surface area contributed by atoms with E-state index in [1.807, 2.05) is 30.3 Å². The number of benzene rings is 2. The van der Waals surface area contributed by atoms with Crippen molar-refractivity contribution in [3.05, 3.63) is 70.7 Å². The summed E-state index contributed by atoms with van der Waals surface area (Å²) in [7, 11) is -3.40. The topological polar surface area (TPSA) is 46.6 Å². The highest BCUT2D eigenvalue weighted by Crippen LogP contribution is 2.25. The van der Waals surface area contributed by atoms with Crippen molar-refractivity contribution in [1.29, 1.82) is 0 Å². The fourth-order valence-electron chi connectivity index (χ4n) is 2.68. The molecule has 6 heteroatoms. The van der Waals surface area contributed by atoms with Crippen LogP contribution in [0.1, 0.15) is 17.2 Å². The second-order valence-electron chi connectivity index (χ2n) is 5.51. The number of morpholine rings is 1. The first-order valence-corrected chi connectivity index (χ1v) is 9.42. The average molecular weight is 352 g/mol. The fraction of sp³-hybridized carbons (Fsp3) is 0.294. The van der Waals surface area contributed by atoms with E-state index in [0.29, 0.717) is 30.3 Å². The van der Waals surface area contributed by atoms with Crippen LogP contribution < -0.4 is 0 Å². The van der Waals surface area contributed by atoms with Crippen LogP contribution in [-0.2, 0) is 20.5 Å². The van der Waals surface area contributed by atoms with Gasteiger partial charge < -0.3 is 4.74 Å². The maximum atomic E-state index is 12.7. The van der Waals surface area contributed by atoms with Crippen molar-refractivity contribution in [2.75, 3.05) is 19.7 Å². The highest BCUT2D eigenvalue weighted by molar-refractivity contribution is 7.88. The van der Waals surface area contributed by atoms with Crippen LogP contribution in [0.2, 0.25) is 5.02 Å². The summed E-state index contributed by atoms with van der Waals surface area (Å²) in [5, 5.41) is 0.543. The molecule has 0 aliphatic carbocycles. The Morgan fingerprint density at radius 3 is 2.65 bits per heavy atom. The minimum Gasteiger partial charge on any atom is -0.371 e. The zero-order valence-electron chi connectivity index (χ0n) is 12.6. The Bertz CT molecular complexity index is 764. The van der Waals surface area contributed by atoms with Gasteiger partial charge in [-0.2, -0.15) is 4.31 Å². The summed E-state index contributed by atoms with van der Waals surface area (Å²) in [6, 6.07) is 16.7. The molecule has 0 radical (unpaired) electrons. The van der Waals surface area contributed by atoms with Crippen molar-refractivity contribution in [2.24, 2.45) is 0 Å². The normalized spacial score (nSPS) is 19.6. The van der Waals surface area contributed by atoms with Gasteiger partial charge in [-0.1, -0.05) is 54.1 Å².